The van der Waals surface area contributed by atoms with E-state index in [4.69, 9.17) is 20.2 Å². The molecule has 0 radical (unpaired) electrons. The Labute approximate surface area is 550 Å². The highest BCUT2D eigenvalue weighted by Crippen LogP contribution is 2.42. The SMILES string of the molecule is CCC(=O)N(CCNC(=O)CCCc1cn(CC(=O)O[C@]2(CC)C(=O)OCc3c2cc2n(c3=O)Cc3cc4c(CN(C)C)c(O)ccc4nc3-2)nn1)CCN(CCSCCNC(=O)CCC(NC(=O)c1ccc(NCc2cnc3nc(N)nc(C)c3n2)cc1)C(=O)O)C(C)=O. The zero-order valence-electron chi connectivity index (χ0n) is 53.7. The molecule has 30 nitrogen and oxygen atoms in total. The molecule has 0 saturated heterocycles. The number of nitrogens with one attached hydrogen (secondary N) is 4. The fourth-order valence-electron chi connectivity index (χ4n) is 11.3. The number of amides is 5. The highest BCUT2D eigenvalue weighted by atomic mass is 32.2. The molecule has 2 atom stereocenters. The number of phenolic OH excluding ortho intramolecular Hbond substituents is 1. The number of benzene rings is 2. The number of fused-ring (bicyclic) bond motifs is 6. The van der Waals surface area contributed by atoms with E-state index in [-0.39, 0.29) is 130 Å². The number of carboxylic acids is 1. The van der Waals surface area contributed by atoms with Gasteiger partial charge in [0.2, 0.25) is 35.2 Å². The van der Waals surface area contributed by atoms with Crippen molar-refractivity contribution in [2.24, 2.45) is 0 Å². The molecule has 7 aromatic rings. The smallest absolute Gasteiger partial charge is 0.355 e. The molecular formula is C64H77N17O13S. The molecule has 7 heterocycles. The van der Waals surface area contributed by atoms with Crippen LogP contribution in [0.2, 0.25) is 0 Å². The Kier molecular flexibility index (Phi) is 22.7. The minimum Gasteiger partial charge on any atom is -0.508 e. The highest BCUT2D eigenvalue weighted by molar-refractivity contribution is 7.99. The average molecular weight is 1320 g/mol. The van der Waals surface area contributed by atoms with Crippen molar-refractivity contribution in [1.29, 1.82) is 0 Å². The molecule has 2 aliphatic heterocycles. The Balaban J connectivity index is 0.655. The Morgan fingerprint density at radius 1 is 0.895 bits per heavy atom. The fraction of sp³-hybridized carbons (Fsp3) is 0.438. The summed E-state index contributed by atoms with van der Waals surface area (Å²) < 4.78 is 14.3. The van der Waals surface area contributed by atoms with Gasteiger partial charge in [-0.3, -0.25) is 28.8 Å². The number of carboxylic acid groups (broad SMARTS) is 1. The Bertz CT molecular complexity index is 4130. The molecule has 31 heteroatoms. The predicted molar refractivity (Wildman–Crippen MR) is 349 cm³/mol. The number of aromatic hydroxyl groups is 1. The third-order valence-corrected chi connectivity index (χ3v) is 17.2. The van der Waals surface area contributed by atoms with Gasteiger partial charge in [0.15, 0.2) is 5.65 Å². The lowest BCUT2D eigenvalue weighted by atomic mass is 9.85. The predicted octanol–water partition coefficient (Wildman–Crippen LogP) is 2.96. The molecule has 0 bridgehead atoms. The maximum atomic E-state index is 14.2. The van der Waals surface area contributed by atoms with Gasteiger partial charge in [0.25, 0.3) is 11.5 Å². The summed E-state index contributed by atoms with van der Waals surface area (Å²) in [5.41, 5.74) is 10.3. The van der Waals surface area contributed by atoms with Crippen molar-refractivity contribution in [2.75, 3.05) is 75.9 Å². The topological polar surface area (TPSA) is 396 Å². The number of phenols is 1. The largest absolute Gasteiger partial charge is 0.508 e. The number of pyridine rings is 2. The van der Waals surface area contributed by atoms with Crippen LogP contribution in [0.5, 0.6) is 5.75 Å². The van der Waals surface area contributed by atoms with Crippen molar-refractivity contribution in [3.8, 4) is 17.1 Å². The summed E-state index contributed by atoms with van der Waals surface area (Å²) in [6.07, 6.45) is 3.84. The number of rotatable bonds is 32. The van der Waals surface area contributed by atoms with E-state index in [1.807, 2.05) is 25.1 Å². The van der Waals surface area contributed by atoms with Crippen LogP contribution in [-0.2, 0) is 87.8 Å². The van der Waals surface area contributed by atoms with Gasteiger partial charge >= 0.3 is 17.9 Å². The van der Waals surface area contributed by atoms with E-state index in [1.54, 1.807) is 83.8 Å². The van der Waals surface area contributed by atoms with E-state index in [2.05, 4.69) is 51.5 Å². The second kappa shape index (κ2) is 31.2. The molecule has 0 fully saturated rings. The average Bonchev–Trinajstić information content (AvgIpc) is 1.69. The third-order valence-electron chi connectivity index (χ3n) is 16.3. The van der Waals surface area contributed by atoms with E-state index < -0.39 is 47.6 Å². The van der Waals surface area contributed by atoms with E-state index in [0.29, 0.717) is 100 Å². The Morgan fingerprint density at radius 2 is 1.65 bits per heavy atom. The molecular weight excluding hydrogens is 1250 g/mol. The molecule has 2 aromatic carbocycles. The monoisotopic (exact) mass is 1320 g/mol. The fourth-order valence-corrected chi connectivity index (χ4v) is 12.1. The number of carbonyl (C=O) groups is 8. The van der Waals surface area contributed by atoms with Gasteiger partial charge in [-0.25, -0.2) is 39.0 Å². The van der Waals surface area contributed by atoms with E-state index in [1.165, 1.54) is 29.6 Å². The zero-order valence-corrected chi connectivity index (χ0v) is 54.5. The number of aryl methyl sites for hydroxylation is 2. The zero-order chi connectivity index (χ0) is 68.1. The molecule has 9 rings (SSSR count). The van der Waals surface area contributed by atoms with E-state index >= 15 is 0 Å². The van der Waals surface area contributed by atoms with Gasteiger partial charge in [-0.05, 0) is 95.2 Å². The maximum Gasteiger partial charge on any atom is 0.355 e. The summed E-state index contributed by atoms with van der Waals surface area (Å²) in [7, 11) is 3.79. The number of nitrogen functional groups attached to an aromatic ring is 1. The van der Waals surface area contributed by atoms with Crippen LogP contribution in [0.25, 0.3) is 33.5 Å². The van der Waals surface area contributed by atoms with Crippen molar-refractivity contribution in [3.05, 3.63) is 116 Å². The first-order chi connectivity index (χ1) is 45.5. The van der Waals surface area contributed by atoms with Crippen LogP contribution in [0, 0.1) is 6.92 Å². The summed E-state index contributed by atoms with van der Waals surface area (Å²) >= 11 is 1.50. The van der Waals surface area contributed by atoms with Gasteiger partial charge in [-0.2, -0.15) is 16.7 Å². The minimum absolute atomic E-state index is 0.0412. The number of thioether (sulfide) groups is 1. The number of esters is 2. The summed E-state index contributed by atoms with van der Waals surface area (Å²) in [4.78, 5) is 145. The van der Waals surface area contributed by atoms with E-state index in [9.17, 15) is 53.4 Å². The van der Waals surface area contributed by atoms with Gasteiger partial charge in [-0.15, -0.1) is 5.10 Å². The number of nitrogens with zero attached hydrogens (tertiary/aromatic N) is 12. The summed E-state index contributed by atoms with van der Waals surface area (Å²) in [6, 6.07) is 12.0. The molecule has 2 aliphatic rings. The van der Waals surface area contributed by atoms with Crippen LogP contribution in [0.3, 0.4) is 0 Å². The van der Waals surface area contributed by atoms with Crippen LogP contribution in [-0.4, -0.2) is 188 Å². The van der Waals surface area contributed by atoms with Crippen molar-refractivity contribution in [1.82, 2.24) is 75.1 Å². The molecule has 0 saturated carbocycles. The molecule has 0 spiro atoms. The number of aliphatic carboxylic acids is 1. The van der Waals surface area contributed by atoms with Crippen molar-refractivity contribution in [2.45, 2.75) is 117 Å². The number of anilines is 2. The maximum absolute atomic E-state index is 14.2. The number of aromatic nitrogens is 9. The lowest BCUT2D eigenvalue weighted by molar-refractivity contribution is -0.190. The standard InChI is InChI=1S/C64H77N17O13S/c1-7-54(86)79(24-23-78(38(4)82)25-27-95-26-21-67-53(85)19-17-49(61(90)91)73-59(88)39-12-14-41(15-13-39)68-30-43-31-69-58-56(71-43)37(3)70-63(65)74-58)22-20-66-52(84)11-9-10-42-33-80(76-75-42)35-55(87)94-64(8-2)47-29-50-57-40(32-81(50)60(89)46(47)36-93-62(64)92)28-44-45(34-77(5)6)51(83)18-16-48(44)72-57/h12-16,18,28-29,31,33,49,68,83H,7-11,17,19-27,30,32,34-36H2,1-6H3,(H,66,84)(H,67,85)(H,73,88)(H,90,91)(H2,65,69,70,74)/t49?,64-/m0/s1. The Hall–Kier alpha value is -10.2. The van der Waals surface area contributed by atoms with Gasteiger partial charge < -0.3 is 66.0 Å². The molecule has 502 valence electrons. The van der Waals surface area contributed by atoms with Crippen molar-refractivity contribution >= 4 is 92.9 Å². The number of nitrogens with two attached hydrogens (primary N) is 1. The molecule has 5 amide bonds. The third kappa shape index (κ3) is 17.0. The summed E-state index contributed by atoms with van der Waals surface area (Å²) in [5, 5.41) is 40.8. The second-order valence-corrected chi connectivity index (χ2v) is 24.5. The first-order valence-corrected chi connectivity index (χ1v) is 32.3. The molecule has 5 aromatic heterocycles. The van der Waals surface area contributed by atoms with E-state index in [0.717, 1.165) is 10.9 Å². The second-order valence-electron chi connectivity index (χ2n) is 23.3. The first-order valence-electron chi connectivity index (χ1n) is 31.2. The number of cyclic esters (lactones) is 1. The number of hydrogen-bond acceptors (Lipinski definition) is 23. The van der Waals surface area contributed by atoms with Crippen LogP contribution < -0.4 is 32.6 Å². The lowest BCUT2D eigenvalue weighted by Gasteiger charge is -2.35. The highest BCUT2D eigenvalue weighted by Gasteiger charge is 2.50. The quantitative estimate of drug-likeness (QED) is 0.0235. The summed E-state index contributed by atoms with van der Waals surface area (Å²) in [6.45, 7) is 8.36. The molecule has 8 N–H and O–H groups in total. The molecule has 95 heavy (non-hydrogen) atoms. The number of hydrogen-bond donors (Lipinski definition) is 7. The van der Waals surface area contributed by atoms with Crippen LogP contribution in [0.4, 0.5) is 11.6 Å². The lowest BCUT2D eigenvalue weighted by Crippen LogP contribution is -2.48. The van der Waals surface area contributed by atoms with Gasteiger partial charge in [0.05, 0.1) is 58.8 Å². The number of carbonyl (C=O) groups excluding carboxylic acids is 7. The van der Waals surface area contributed by atoms with Crippen LogP contribution >= 0.6 is 11.8 Å². The minimum atomic E-state index is -1.94. The van der Waals surface area contributed by atoms with Crippen molar-refractivity contribution in [3.63, 3.8) is 0 Å². The first kappa shape index (κ1) is 69.2. The van der Waals surface area contributed by atoms with Crippen LogP contribution in [0.15, 0.2) is 65.7 Å². The van der Waals surface area contributed by atoms with Gasteiger partial charge in [0, 0.05) is 123 Å². The normalized spacial score (nSPS) is 14.1. The molecule has 1 unspecified atom stereocenters. The van der Waals surface area contributed by atoms with Crippen molar-refractivity contribution < 1.29 is 58.0 Å². The van der Waals surface area contributed by atoms with Crippen LogP contribution in [0.1, 0.15) is 109 Å². The van der Waals surface area contributed by atoms with Gasteiger partial charge in [-0.1, -0.05) is 19.1 Å². The van der Waals surface area contributed by atoms with Gasteiger partial charge in [0.1, 0.15) is 30.5 Å². The number of ether oxygens (including phenoxy) is 2. The Morgan fingerprint density at radius 3 is 2.39 bits per heavy atom. The molecule has 0 aliphatic carbocycles. The summed E-state index contributed by atoms with van der Waals surface area (Å²) in [5.74, 6) is -3.25.